The standard InChI is InChI=1S/C20H21N3O2/c1-3-4-13-25-17-11-9-16(10-12-17)14-21-23-15(2)22-19-8-6-5-7-18(19)20(23)24/h5-12,14H,3-4,13H2,1-2H3/b21-14+. The number of unbranched alkanes of at least 4 members (excludes halogenated alkanes) is 1. The molecule has 0 spiro atoms. The number of hydrogen-bond acceptors (Lipinski definition) is 4. The molecule has 3 aromatic rings. The Morgan fingerprint density at radius 1 is 1.16 bits per heavy atom. The van der Waals surface area contributed by atoms with Crippen molar-refractivity contribution in [3.05, 3.63) is 70.3 Å². The van der Waals surface area contributed by atoms with E-state index in [2.05, 4.69) is 17.0 Å². The molecule has 0 N–H and O–H groups in total. The Balaban J connectivity index is 1.82. The van der Waals surface area contributed by atoms with Gasteiger partial charge in [0.1, 0.15) is 11.6 Å². The zero-order valence-corrected chi connectivity index (χ0v) is 14.5. The summed E-state index contributed by atoms with van der Waals surface area (Å²) in [6.07, 6.45) is 3.81. The molecule has 0 aliphatic carbocycles. The molecule has 128 valence electrons. The van der Waals surface area contributed by atoms with Crippen LogP contribution in [-0.4, -0.2) is 22.5 Å². The fourth-order valence-electron chi connectivity index (χ4n) is 2.48. The van der Waals surface area contributed by atoms with Gasteiger partial charge in [0, 0.05) is 0 Å². The molecule has 0 atom stereocenters. The van der Waals surface area contributed by atoms with E-state index in [9.17, 15) is 4.79 Å². The summed E-state index contributed by atoms with van der Waals surface area (Å²) in [5.74, 6) is 1.39. The highest BCUT2D eigenvalue weighted by molar-refractivity contribution is 5.80. The lowest BCUT2D eigenvalue weighted by Crippen LogP contribution is -2.20. The SMILES string of the molecule is CCCCOc1ccc(/C=N/n2c(C)nc3ccccc3c2=O)cc1. The van der Waals surface area contributed by atoms with Gasteiger partial charge in [0.25, 0.3) is 5.56 Å². The number of nitrogens with zero attached hydrogens (tertiary/aromatic N) is 3. The molecule has 1 aromatic heterocycles. The summed E-state index contributed by atoms with van der Waals surface area (Å²) in [6.45, 7) is 4.63. The van der Waals surface area contributed by atoms with Gasteiger partial charge in [0.15, 0.2) is 0 Å². The first-order chi connectivity index (χ1) is 12.2. The fraction of sp³-hybridized carbons (Fsp3) is 0.250. The van der Waals surface area contributed by atoms with Crippen LogP contribution in [-0.2, 0) is 0 Å². The van der Waals surface area contributed by atoms with Crippen molar-refractivity contribution in [1.29, 1.82) is 0 Å². The number of rotatable bonds is 6. The molecule has 0 fully saturated rings. The first-order valence-electron chi connectivity index (χ1n) is 8.44. The quantitative estimate of drug-likeness (QED) is 0.509. The molecule has 5 heteroatoms. The summed E-state index contributed by atoms with van der Waals surface area (Å²) in [7, 11) is 0. The maximum absolute atomic E-state index is 12.6. The Hall–Kier alpha value is -2.95. The number of aromatic nitrogens is 2. The van der Waals surface area contributed by atoms with E-state index in [1.807, 2.05) is 42.5 Å². The van der Waals surface area contributed by atoms with Crippen LogP contribution in [0.3, 0.4) is 0 Å². The van der Waals surface area contributed by atoms with Crippen molar-refractivity contribution in [3.8, 4) is 5.75 Å². The number of para-hydroxylation sites is 1. The molecule has 0 radical (unpaired) electrons. The molecule has 0 amide bonds. The second-order valence-electron chi connectivity index (χ2n) is 5.81. The highest BCUT2D eigenvalue weighted by atomic mass is 16.5. The van der Waals surface area contributed by atoms with Gasteiger partial charge < -0.3 is 4.74 Å². The van der Waals surface area contributed by atoms with Crippen LogP contribution in [0.4, 0.5) is 0 Å². The highest BCUT2D eigenvalue weighted by Gasteiger charge is 2.06. The Morgan fingerprint density at radius 2 is 1.92 bits per heavy atom. The third-order valence-corrected chi connectivity index (χ3v) is 3.88. The normalized spacial score (nSPS) is 11.3. The Kier molecular flexibility index (Phi) is 5.23. The second-order valence-corrected chi connectivity index (χ2v) is 5.81. The monoisotopic (exact) mass is 335 g/mol. The molecule has 0 saturated carbocycles. The lowest BCUT2D eigenvalue weighted by molar-refractivity contribution is 0.309. The Labute approximate surface area is 146 Å². The third-order valence-electron chi connectivity index (χ3n) is 3.88. The van der Waals surface area contributed by atoms with E-state index in [0.29, 0.717) is 16.7 Å². The minimum absolute atomic E-state index is 0.168. The first kappa shape index (κ1) is 16.9. The van der Waals surface area contributed by atoms with Gasteiger partial charge in [-0.15, -0.1) is 0 Å². The molecule has 0 aliphatic rings. The smallest absolute Gasteiger partial charge is 0.282 e. The molecule has 1 heterocycles. The van der Waals surface area contributed by atoms with Crippen molar-refractivity contribution in [1.82, 2.24) is 9.66 Å². The molecule has 25 heavy (non-hydrogen) atoms. The van der Waals surface area contributed by atoms with E-state index in [1.54, 1.807) is 19.2 Å². The molecule has 5 nitrogen and oxygen atoms in total. The van der Waals surface area contributed by atoms with Gasteiger partial charge in [-0.05, 0) is 55.3 Å². The van der Waals surface area contributed by atoms with Crippen LogP contribution in [0.5, 0.6) is 5.75 Å². The molecule has 3 rings (SSSR count). The average Bonchev–Trinajstić information content (AvgIpc) is 2.63. The fourth-order valence-corrected chi connectivity index (χ4v) is 2.48. The molecule has 0 unspecified atom stereocenters. The van der Waals surface area contributed by atoms with E-state index >= 15 is 0 Å². The molecule has 0 saturated heterocycles. The number of benzene rings is 2. The van der Waals surface area contributed by atoms with E-state index in [4.69, 9.17) is 4.74 Å². The van der Waals surface area contributed by atoms with E-state index in [0.717, 1.165) is 30.8 Å². The van der Waals surface area contributed by atoms with Crippen molar-refractivity contribution in [2.75, 3.05) is 6.61 Å². The van der Waals surface area contributed by atoms with Crippen molar-refractivity contribution in [2.45, 2.75) is 26.7 Å². The minimum Gasteiger partial charge on any atom is -0.494 e. The molecule has 0 bridgehead atoms. The van der Waals surface area contributed by atoms with Gasteiger partial charge in [-0.1, -0.05) is 25.5 Å². The molecular formula is C20H21N3O2. The molecule has 2 aromatic carbocycles. The predicted octanol–water partition coefficient (Wildman–Crippen LogP) is 3.77. The summed E-state index contributed by atoms with van der Waals surface area (Å²) < 4.78 is 6.97. The van der Waals surface area contributed by atoms with Crippen LogP contribution in [0.15, 0.2) is 58.4 Å². The van der Waals surface area contributed by atoms with Gasteiger partial charge in [0.2, 0.25) is 0 Å². The summed E-state index contributed by atoms with van der Waals surface area (Å²) >= 11 is 0. The number of hydrogen-bond donors (Lipinski definition) is 0. The summed E-state index contributed by atoms with van der Waals surface area (Å²) in [6, 6.07) is 14.9. The van der Waals surface area contributed by atoms with Gasteiger partial charge in [0.05, 0.1) is 23.7 Å². The van der Waals surface area contributed by atoms with Crippen molar-refractivity contribution in [3.63, 3.8) is 0 Å². The van der Waals surface area contributed by atoms with Crippen LogP contribution in [0.25, 0.3) is 10.9 Å². The van der Waals surface area contributed by atoms with Gasteiger partial charge in [-0.2, -0.15) is 9.78 Å². The summed E-state index contributed by atoms with van der Waals surface area (Å²) in [5.41, 5.74) is 1.41. The maximum Gasteiger partial charge on any atom is 0.282 e. The van der Waals surface area contributed by atoms with Crippen LogP contribution in [0.2, 0.25) is 0 Å². The third kappa shape index (κ3) is 3.94. The van der Waals surface area contributed by atoms with E-state index < -0.39 is 0 Å². The van der Waals surface area contributed by atoms with Crippen molar-refractivity contribution in [2.24, 2.45) is 5.10 Å². The zero-order valence-electron chi connectivity index (χ0n) is 14.5. The number of aryl methyl sites for hydroxylation is 1. The Bertz CT molecular complexity index is 943. The van der Waals surface area contributed by atoms with Crippen LogP contribution in [0.1, 0.15) is 31.2 Å². The minimum atomic E-state index is -0.168. The largest absolute Gasteiger partial charge is 0.494 e. The lowest BCUT2D eigenvalue weighted by atomic mass is 10.2. The number of fused-ring (bicyclic) bond motifs is 1. The van der Waals surface area contributed by atoms with Crippen LogP contribution >= 0.6 is 0 Å². The van der Waals surface area contributed by atoms with Crippen molar-refractivity contribution < 1.29 is 4.74 Å². The van der Waals surface area contributed by atoms with Crippen molar-refractivity contribution >= 4 is 17.1 Å². The van der Waals surface area contributed by atoms with Crippen LogP contribution in [0, 0.1) is 6.92 Å². The summed E-state index contributed by atoms with van der Waals surface area (Å²) in [5, 5.41) is 4.87. The van der Waals surface area contributed by atoms with E-state index in [1.165, 1.54) is 4.68 Å². The first-order valence-corrected chi connectivity index (χ1v) is 8.44. The topological polar surface area (TPSA) is 56.5 Å². The predicted molar refractivity (Wildman–Crippen MR) is 101 cm³/mol. The zero-order chi connectivity index (χ0) is 17.6. The van der Waals surface area contributed by atoms with E-state index in [-0.39, 0.29) is 5.56 Å². The lowest BCUT2D eigenvalue weighted by Gasteiger charge is -2.06. The van der Waals surface area contributed by atoms with Crippen LogP contribution < -0.4 is 10.3 Å². The Morgan fingerprint density at radius 3 is 2.68 bits per heavy atom. The number of ether oxygens (including phenoxy) is 1. The summed E-state index contributed by atoms with van der Waals surface area (Å²) in [4.78, 5) is 17.0. The van der Waals surface area contributed by atoms with Gasteiger partial charge in [-0.25, -0.2) is 4.98 Å². The van der Waals surface area contributed by atoms with Gasteiger partial charge in [-0.3, -0.25) is 4.79 Å². The second kappa shape index (κ2) is 7.75. The average molecular weight is 335 g/mol. The molecule has 0 aliphatic heterocycles. The van der Waals surface area contributed by atoms with Gasteiger partial charge >= 0.3 is 0 Å². The molecular weight excluding hydrogens is 314 g/mol. The maximum atomic E-state index is 12.6. The highest BCUT2D eigenvalue weighted by Crippen LogP contribution is 2.12.